The lowest BCUT2D eigenvalue weighted by atomic mass is 9.95. The SMILES string of the molecule is CC(C)(C)C(=O)Nc1ccc(C(=O)COC(=O)COc2cccc(Cl)c2)cc1. The van der Waals surface area contributed by atoms with Crippen molar-refractivity contribution in [1.82, 2.24) is 0 Å². The summed E-state index contributed by atoms with van der Waals surface area (Å²) in [4.78, 5) is 35.8. The smallest absolute Gasteiger partial charge is 0.344 e. The van der Waals surface area contributed by atoms with Gasteiger partial charge in [0.1, 0.15) is 5.75 Å². The number of Topliss-reactive ketones (excluding diaryl/α,β-unsaturated/α-hetero) is 1. The number of carbonyl (C=O) groups is 3. The average Bonchev–Trinajstić information content (AvgIpc) is 2.64. The minimum atomic E-state index is -0.664. The maximum Gasteiger partial charge on any atom is 0.344 e. The van der Waals surface area contributed by atoms with Gasteiger partial charge in [0.25, 0.3) is 0 Å². The van der Waals surface area contributed by atoms with Crippen LogP contribution in [-0.4, -0.2) is 30.9 Å². The van der Waals surface area contributed by atoms with Crippen LogP contribution in [0.5, 0.6) is 5.75 Å². The molecule has 28 heavy (non-hydrogen) atoms. The molecule has 0 aliphatic carbocycles. The molecule has 0 aliphatic rings. The number of halogens is 1. The maximum atomic E-state index is 12.1. The normalized spacial score (nSPS) is 10.9. The Labute approximate surface area is 168 Å². The van der Waals surface area contributed by atoms with Crippen molar-refractivity contribution in [2.24, 2.45) is 5.41 Å². The van der Waals surface area contributed by atoms with Gasteiger partial charge in [-0.25, -0.2) is 4.79 Å². The Kier molecular flexibility index (Phi) is 7.18. The van der Waals surface area contributed by atoms with Crippen molar-refractivity contribution in [2.75, 3.05) is 18.5 Å². The van der Waals surface area contributed by atoms with Crippen LogP contribution in [0.25, 0.3) is 0 Å². The first kappa shape index (κ1) is 21.4. The molecule has 0 radical (unpaired) electrons. The minimum absolute atomic E-state index is 0.125. The van der Waals surface area contributed by atoms with Gasteiger partial charge in [0.2, 0.25) is 5.91 Å². The third-order valence-electron chi connectivity index (χ3n) is 3.66. The summed E-state index contributed by atoms with van der Waals surface area (Å²) in [5.41, 5.74) is 0.441. The van der Waals surface area contributed by atoms with Crippen molar-refractivity contribution >= 4 is 34.9 Å². The first-order valence-corrected chi connectivity index (χ1v) is 9.01. The van der Waals surface area contributed by atoms with E-state index < -0.39 is 18.0 Å². The van der Waals surface area contributed by atoms with Crippen LogP contribution in [0, 0.1) is 5.41 Å². The fourth-order valence-electron chi connectivity index (χ4n) is 2.03. The van der Waals surface area contributed by atoms with E-state index in [1.165, 1.54) is 0 Å². The van der Waals surface area contributed by atoms with Crippen molar-refractivity contribution in [2.45, 2.75) is 20.8 Å². The van der Waals surface area contributed by atoms with Crippen molar-refractivity contribution in [3.63, 3.8) is 0 Å². The van der Waals surface area contributed by atoms with Gasteiger partial charge in [-0.1, -0.05) is 38.4 Å². The predicted molar refractivity (Wildman–Crippen MR) is 107 cm³/mol. The van der Waals surface area contributed by atoms with Crippen molar-refractivity contribution < 1.29 is 23.9 Å². The number of esters is 1. The number of hydrogen-bond acceptors (Lipinski definition) is 5. The summed E-state index contributed by atoms with van der Waals surface area (Å²) >= 11 is 5.83. The van der Waals surface area contributed by atoms with Crippen LogP contribution in [0.15, 0.2) is 48.5 Å². The quantitative estimate of drug-likeness (QED) is 0.555. The molecule has 0 spiro atoms. The van der Waals surface area contributed by atoms with Crippen molar-refractivity contribution in [1.29, 1.82) is 0 Å². The van der Waals surface area contributed by atoms with Gasteiger partial charge < -0.3 is 14.8 Å². The van der Waals surface area contributed by atoms with E-state index in [-0.39, 0.29) is 18.3 Å². The van der Waals surface area contributed by atoms with Gasteiger partial charge in [0.05, 0.1) is 0 Å². The van der Waals surface area contributed by atoms with E-state index in [1.54, 1.807) is 48.5 Å². The summed E-state index contributed by atoms with van der Waals surface area (Å²) in [6, 6.07) is 13.0. The third-order valence-corrected chi connectivity index (χ3v) is 3.90. The number of anilines is 1. The summed E-state index contributed by atoms with van der Waals surface area (Å²) in [5.74, 6) is -0.712. The van der Waals surface area contributed by atoms with E-state index in [0.717, 1.165) is 0 Å². The second-order valence-corrected chi connectivity index (χ2v) is 7.55. The third kappa shape index (κ3) is 6.70. The van der Waals surface area contributed by atoms with Gasteiger partial charge in [-0.2, -0.15) is 0 Å². The van der Waals surface area contributed by atoms with E-state index in [9.17, 15) is 14.4 Å². The van der Waals surface area contributed by atoms with Gasteiger partial charge in [0, 0.05) is 21.7 Å². The van der Waals surface area contributed by atoms with Crippen LogP contribution < -0.4 is 10.1 Å². The molecular formula is C21H22ClNO5. The minimum Gasteiger partial charge on any atom is -0.482 e. The Morgan fingerprint density at radius 3 is 2.29 bits per heavy atom. The zero-order valence-electron chi connectivity index (χ0n) is 16.0. The number of nitrogens with one attached hydrogen (secondary N) is 1. The van der Waals surface area contributed by atoms with E-state index in [0.29, 0.717) is 22.0 Å². The topological polar surface area (TPSA) is 81.7 Å². The number of benzene rings is 2. The monoisotopic (exact) mass is 403 g/mol. The molecule has 0 atom stereocenters. The lowest BCUT2D eigenvalue weighted by Crippen LogP contribution is -2.27. The molecule has 2 aromatic carbocycles. The van der Waals surface area contributed by atoms with E-state index >= 15 is 0 Å². The molecule has 6 nitrogen and oxygen atoms in total. The second kappa shape index (κ2) is 9.37. The fraction of sp³-hybridized carbons (Fsp3) is 0.286. The molecule has 0 fully saturated rings. The van der Waals surface area contributed by atoms with Gasteiger partial charge in [0.15, 0.2) is 19.0 Å². The van der Waals surface area contributed by atoms with Crippen LogP contribution >= 0.6 is 11.6 Å². The number of ketones is 1. The number of carbonyl (C=O) groups excluding carboxylic acids is 3. The molecule has 0 aliphatic heterocycles. The molecule has 148 valence electrons. The van der Waals surface area contributed by atoms with Crippen LogP contribution in [0.3, 0.4) is 0 Å². The first-order valence-electron chi connectivity index (χ1n) is 8.64. The molecule has 0 unspecified atom stereocenters. The molecule has 7 heteroatoms. The number of amides is 1. The molecule has 0 heterocycles. The number of ether oxygens (including phenoxy) is 2. The van der Waals surface area contributed by atoms with E-state index in [4.69, 9.17) is 21.1 Å². The second-order valence-electron chi connectivity index (χ2n) is 7.11. The molecule has 1 N–H and O–H groups in total. The standard InChI is InChI=1S/C21H22ClNO5/c1-21(2,3)20(26)23-16-9-7-14(8-10-16)18(24)12-28-19(25)13-27-17-6-4-5-15(22)11-17/h4-11H,12-13H2,1-3H3,(H,23,26). The van der Waals surface area contributed by atoms with Crippen molar-refractivity contribution in [3.05, 3.63) is 59.1 Å². The maximum absolute atomic E-state index is 12.1. The lowest BCUT2D eigenvalue weighted by Gasteiger charge is -2.17. The molecular weight excluding hydrogens is 382 g/mol. The molecule has 2 rings (SSSR count). The summed E-state index contributed by atoms with van der Waals surface area (Å²) in [7, 11) is 0. The highest BCUT2D eigenvalue weighted by Gasteiger charge is 2.21. The average molecular weight is 404 g/mol. The van der Waals surface area contributed by atoms with Gasteiger partial charge in [-0.05, 0) is 42.5 Å². The van der Waals surface area contributed by atoms with Crippen LogP contribution in [-0.2, 0) is 14.3 Å². The molecule has 0 saturated heterocycles. The molecule has 0 aromatic heterocycles. The number of hydrogen-bond donors (Lipinski definition) is 1. The van der Waals surface area contributed by atoms with Gasteiger partial charge >= 0.3 is 5.97 Å². The summed E-state index contributed by atoms with van der Waals surface area (Å²) in [6.07, 6.45) is 0. The highest BCUT2D eigenvalue weighted by molar-refractivity contribution is 6.30. The lowest BCUT2D eigenvalue weighted by molar-refractivity contribution is -0.144. The van der Waals surface area contributed by atoms with Crippen LogP contribution in [0.1, 0.15) is 31.1 Å². The zero-order chi connectivity index (χ0) is 20.7. The Morgan fingerprint density at radius 1 is 1.00 bits per heavy atom. The summed E-state index contributed by atoms with van der Waals surface area (Å²) in [6.45, 7) is 4.71. The first-order chi connectivity index (χ1) is 13.1. The number of rotatable bonds is 7. The summed E-state index contributed by atoms with van der Waals surface area (Å²) in [5, 5.41) is 3.26. The van der Waals surface area contributed by atoms with Gasteiger partial charge in [-0.3, -0.25) is 9.59 Å². The predicted octanol–water partition coefficient (Wildman–Crippen LogP) is 4.13. The van der Waals surface area contributed by atoms with Crippen LogP contribution in [0.4, 0.5) is 5.69 Å². The Morgan fingerprint density at radius 2 is 1.68 bits per heavy atom. The molecule has 0 saturated carbocycles. The highest BCUT2D eigenvalue weighted by atomic mass is 35.5. The Hall–Kier alpha value is -2.86. The largest absolute Gasteiger partial charge is 0.482 e. The fourth-order valence-corrected chi connectivity index (χ4v) is 2.21. The van der Waals surface area contributed by atoms with E-state index in [1.807, 2.05) is 20.8 Å². The highest BCUT2D eigenvalue weighted by Crippen LogP contribution is 2.18. The summed E-state index contributed by atoms with van der Waals surface area (Å²) < 4.78 is 10.2. The van der Waals surface area contributed by atoms with Crippen LogP contribution in [0.2, 0.25) is 5.02 Å². The van der Waals surface area contributed by atoms with Crippen molar-refractivity contribution in [3.8, 4) is 5.75 Å². The van der Waals surface area contributed by atoms with Gasteiger partial charge in [-0.15, -0.1) is 0 Å². The zero-order valence-corrected chi connectivity index (χ0v) is 16.7. The Balaban J connectivity index is 1.80. The molecule has 1 amide bonds. The molecule has 2 aromatic rings. The van der Waals surface area contributed by atoms with E-state index in [2.05, 4.69) is 5.32 Å². The molecule has 0 bridgehead atoms. The Bertz CT molecular complexity index is 856.